The van der Waals surface area contributed by atoms with Crippen molar-refractivity contribution in [2.75, 3.05) is 26.2 Å². The molecule has 18 heavy (non-hydrogen) atoms. The van der Waals surface area contributed by atoms with E-state index in [0.717, 1.165) is 50.2 Å². The minimum atomic E-state index is 0.423. The van der Waals surface area contributed by atoms with Crippen LogP contribution in [0.15, 0.2) is 0 Å². The van der Waals surface area contributed by atoms with Crippen LogP contribution in [0.3, 0.4) is 0 Å². The first-order valence-corrected chi connectivity index (χ1v) is 7.81. The van der Waals surface area contributed by atoms with Crippen LogP contribution in [0, 0.1) is 17.8 Å². The molecule has 3 rings (SSSR count). The molecule has 2 aliphatic heterocycles. The first kappa shape index (κ1) is 12.5. The molecule has 2 saturated heterocycles. The zero-order chi connectivity index (χ0) is 12.4. The third-order valence-corrected chi connectivity index (χ3v) is 5.30. The molecule has 3 heteroatoms. The maximum Gasteiger partial charge on any atom is 0.222 e. The van der Waals surface area contributed by atoms with Crippen molar-refractivity contribution in [1.29, 1.82) is 0 Å². The van der Waals surface area contributed by atoms with Gasteiger partial charge in [-0.05, 0) is 43.7 Å². The second-order valence-corrected chi connectivity index (χ2v) is 6.50. The fourth-order valence-electron chi connectivity index (χ4n) is 4.05. The number of nitrogens with zero attached hydrogens (tertiary/aromatic N) is 1. The summed E-state index contributed by atoms with van der Waals surface area (Å²) in [6.07, 6.45) is 8.66. The number of rotatable bonds is 3. The Morgan fingerprint density at radius 2 is 1.89 bits per heavy atom. The summed E-state index contributed by atoms with van der Waals surface area (Å²) in [7, 11) is 0. The van der Waals surface area contributed by atoms with Crippen molar-refractivity contribution in [3.05, 3.63) is 0 Å². The van der Waals surface area contributed by atoms with E-state index >= 15 is 0 Å². The van der Waals surface area contributed by atoms with E-state index in [4.69, 9.17) is 0 Å². The minimum Gasteiger partial charge on any atom is -0.342 e. The predicted molar refractivity (Wildman–Crippen MR) is 72.2 cm³/mol. The maximum atomic E-state index is 12.2. The van der Waals surface area contributed by atoms with Crippen LogP contribution in [0.5, 0.6) is 0 Å². The van der Waals surface area contributed by atoms with Gasteiger partial charge in [-0.3, -0.25) is 4.79 Å². The molecule has 0 radical (unpaired) electrons. The molecular formula is C15H26N2O. The van der Waals surface area contributed by atoms with Crippen molar-refractivity contribution in [2.24, 2.45) is 17.8 Å². The summed E-state index contributed by atoms with van der Waals surface area (Å²) < 4.78 is 0. The maximum absolute atomic E-state index is 12.2. The third-order valence-electron chi connectivity index (χ3n) is 5.30. The van der Waals surface area contributed by atoms with E-state index in [2.05, 4.69) is 10.2 Å². The largest absolute Gasteiger partial charge is 0.342 e. The van der Waals surface area contributed by atoms with Gasteiger partial charge < -0.3 is 10.2 Å². The van der Waals surface area contributed by atoms with Crippen LogP contribution in [-0.4, -0.2) is 37.0 Å². The Morgan fingerprint density at radius 1 is 1.11 bits per heavy atom. The lowest BCUT2D eigenvalue weighted by Crippen LogP contribution is -2.43. The van der Waals surface area contributed by atoms with Gasteiger partial charge in [0.25, 0.3) is 0 Å². The highest BCUT2D eigenvalue weighted by Gasteiger charge is 2.34. The fraction of sp³-hybridized carbons (Fsp3) is 0.933. The SMILES string of the molecule is O=C(CCC1CCCC1)N1CCC2CNCC2C1. The van der Waals surface area contributed by atoms with E-state index in [9.17, 15) is 4.79 Å². The summed E-state index contributed by atoms with van der Waals surface area (Å²) in [6.45, 7) is 4.32. The molecule has 1 aliphatic carbocycles. The van der Waals surface area contributed by atoms with Crippen LogP contribution in [0.1, 0.15) is 44.9 Å². The monoisotopic (exact) mass is 250 g/mol. The molecular weight excluding hydrogens is 224 g/mol. The molecule has 2 atom stereocenters. The summed E-state index contributed by atoms with van der Waals surface area (Å²) in [5.74, 6) is 2.84. The molecule has 1 N–H and O–H groups in total. The third kappa shape index (κ3) is 2.71. The zero-order valence-corrected chi connectivity index (χ0v) is 11.4. The Hall–Kier alpha value is -0.570. The van der Waals surface area contributed by atoms with Crippen molar-refractivity contribution in [2.45, 2.75) is 44.9 Å². The smallest absolute Gasteiger partial charge is 0.222 e. The average Bonchev–Trinajstić information content (AvgIpc) is 3.05. The van der Waals surface area contributed by atoms with Gasteiger partial charge in [0.05, 0.1) is 0 Å². The number of carbonyl (C=O) groups is 1. The van der Waals surface area contributed by atoms with E-state index in [0.29, 0.717) is 5.91 Å². The summed E-state index contributed by atoms with van der Waals surface area (Å²) in [5, 5.41) is 3.46. The fourth-order valence-corrected chi connectivity index (χ4v) is 4.05. The highest BCUT2D eigenvalue weighted by atomic mass is 16.2. The molecule has 0 aromatic rings. The predicted octanol–water partition coefficient (Wildman–Crippen LogP) is 2.02. The topological polar surface area (TPSA) is 32.3 Å². The Morgan fingerprint density at radius 3 is 2.72 bits per heavy atom. The number of piperidine rings is 1. The van der Waals surface area contributed by atoms with Gasteiger partial charge in [0.1, 0.15) is 0 Å². The lowest BCUT2D eigenvalue weighted by Gasteiger charge is -2.34. The molecule has 1 saturated carbocycles. The van der Waals surface area contributed by atoms with Crippen molar-refractivity contribution < 1.29 is 4.79 Å². The van der Waals surface area contributed by atoms with Crippen molar-refractivity contribution in [1.82, 2.24) is 10.2 Å². The second kappa shape index (κ2) is 5.60. The number of nitrogens with one attached hydrogen (secondary N) is 1. The van der Waals surface area contributed by atoms with Gasteiger partial charge in [0, 0.05) is 19.5 Å². The molecule has 3 fully saturated rings. The van der Waals surface area contributed by atoms with Crippen LogP contribution < -0.4 is 5.32 Å². The number of hydrogen-bond acceptors (Lipinski definition) is 2. The van der Waals surface area contributed by atoms with Gasteiger partial charge in [-0.25, -0.2) is 0 Å². The van der Waals surface area contributed by atoms with E-state index < -0.39 is 0 Å². The Kier molecular flexibility index (Phi) is 3.88. The van der Waals surface area contributed by atoms with Gasteiger partial charge in [-0.1, -0.05) is 25.7 Å². The Labute approximate surface area is 110 Å². The van der Waals surface area contributed by atoms with Gasteiger partial charge in [0.2, 0.25) is 5.91 Å². The number of carbonyl (C=O) groups excluding carboxylic acids is 1. The average molecular weight is 250 g/mol. The molecule has 2 unspecified atom stereocenters. The molecule has 102 valence electrons. The first-order chi connectivity index (χ1) is 8.83. The quantitative estimate of drug-likeness (QED) is 0.831. The van der Waals surface area contributed by atoms with Gasteiger partial charge in [0.15, 0.2) is 0 Å². The van der Waals surface area contributed by atoms with Crippen LogP contribution in [-0.2, 0) is 4.79 Å². The lowest BCUT2D eigenvalue weighted by molar-refractivity contribution is -0.133. The van der Waals surface area contributed by atoms with Gasteiger partial charge in [-0.2, -0.15) is 0 Å². The molecule has 1 amide bonds. The minimum absolute atomic E-state index is 0.423. The van der Waals surface area contributed by atoms with Gasteiger partial charge >= 0.3 is 0 Å². The zero-order valence-electron chi connectivity index (χ0n) is 11.4. The second-order valence-electron chi connectivity index (χ2n) is 6.50. The number of fused-ring (bicyclic) bond motifs is 1. The number of hydrogen-bond donors (Lipinski definition) is 1. The molecule has 2 heterocycles. The van der Waals surface area contributed by atoms with Crippen molar-refractivity contribution >= 4 is 5.91 Å². The first-order valence-electron chi connectivity index (χ1n) is 7.81. The highest BCUT2D eigenvalue weighted by Crippen LogP contribution is 2.30. The van der Waals surface area contributed by atoms with Gasteiger partial charge in [-0.15, -0.1) is 0 Å². The summed E-state index contributed by atoms with van der Waals surface area (Å²) in [6, 6.07) is 0. The Balaban J connectivity index is 1.44. The summed E-state index contributed by atoms with van der Waals surface area (Å²) in [4.78, 5) is 14.4. The molecule has 0 spiro atoms. The number of amides is 1. The molecule has 3 aliphatic rings. The van der Waals surface area contributed by atoms with Crippen molar-refractivity contribution in [3.8, 4) is 0 Å². The van der Waals surface area contributed by atoms with E-state index in [1.54, 1.807) is 0 Å². The lowest BCUT2D eigenvalue weighted by atomic mass is 9.88. The molecule has 0 aromatic heterocycles. The number of likely N-dealkylation sites (tertiary alicyclic amines) is 1. The normalized spacial score (nSPS) is 32.8. The molecule has 3 nitrogen and oxygen atoms in total. The van der Waals surface area contributed by atoms with Crippen molar-refractivity contribution in [3.63, 3.8) is 0 Å². The molecule has 0 aromatic carbocycles. The van der Waals surface area contributed by atoms with Crippen LogP contribution >= 0.6 is 0 Å². The van der Waals surface area contributed by atoms with E-state index in [-0.39, 0.29) is 0 Å². The van der Waals surface area contributed by atoms with Crippen LogP contribution in [0.25, 0.3) is 0 Å². The van der Waals surface area contributed by atoms with Crippen LogP contribution in [0.2, 0.25) is 0 Å². The molecule has 0 bridgehead atoms. The standard InChI is InChI=1S/C15H26N2O/c18-15(6-5-12-3-1-2-4-12)17-8-7-13-9-16-10-14(13)11-17/h12-14,16H,1-11H2. The summed E-state index contributed by atoms with van der Waals surface area (Å²) >= 11 is 0. The summed E-state index contributed by atoms with van der Waals surface area (Å²) in [5.41, 5.74) is 0. The highest BCUT2D eigenvalue weighted by molar-refractivity contribution is 5.76. The van der Waals surface area contributed by atoms with Crippen LogP contribution in [0.4, 0.5) is 0 Å². The van der Waals surface area contributed by atoms with E-state index in [1.807, 2.05) is 0 Å². The Bertz CT molecular complexity index is 299. The van der Waals surface area contributed by atoms with E-state index in [1.165, 1.54) is 38.6 Å².